The van der Waals surface area contributed by atoms with Gasteiger partial charge in [-0.05, 0) is 24.3 Å². The van der Waals surface area contributed by atoms with Crippen LogP contribution < -0.4 is 10.1 Å². The molecule has 0 atom stereocenters. The molecule has 0 unspecified atom stereocenters. The highest BCUT2D eigenvalue weighted by Crippen LogP contribution is 2.34. The van der Waals surface area contributed by atoms with E-state index in [9.17, 15) is 17.6 Å². The van der Waals surface area contributed by atoms with Gasteiger partial charge in [0, 0.05) is 6.07 Å². The van der Waals surface area contributed by atoms with Gasteiger partial charge in [0.2, 0.25) is 0 Å². The number of aromatic nitrogens is 1. The normalized spacial score (nSPS) is 11.3. The summed E-state index contributed by atoms with van der Waals surface area (Å²) in [6.45, 7) is 0. The van der Waals surface area contributed by atoms with Crippen molar-refractivity contribution in [3.63, 3.8) is 0 Å². The van der Waals surface area contributed by atoms with E-state index in [4.69, 9.17) is 16.3 Å². The minimum absolute atomic E-state index is 0.125. The summed E-state index contributed by atoms with van der Waals surface area (Å²) in [5.41, 5.74) is -0.673. The minimum Gasteiger partial charge on any atom is -0.494 e. The number of halogens is 5. The number of nitrogens with one attached hydrogen (secondary N) is 1. The Labute approximate surface area is 122 Å². The molecule has 3 nitrogen and oxygen atoms in total. The van der Waals surface area contributed by atoms with Crippen LogP contribution in [0.2, 0.25) is 5.15 Å². The first-order valence-electron chi connectivity index (χ1n) is 5.65. The molecule has 2 aromatic rings. The lowest BCUT2D eigenvalue weighted by Gasteiger charge is -2.13. The smallest absolute Gasteiger partial charge is 0.416 e. The number of ether oxygens (including phenoxy) is 1. The minimum atomic E-state index is -4.55. The van der Waals surface area contributed by atoms with Crippen LogP contribution in [-0.2, 0) is 6.18 Å². The zero-order valence-electron chi connectivity index (χ0n) is 10.6. The van der Waals surface area contributed by atoms with Gasteiger partial charge in [-0.25, -0.2) is 9.37 Å². The number of rotatable bonds is 3. The molecule has 0 radical (unpaired) electrons. The van der Waals surface area contributed by atoms with E-state index in [-0.39, 0.29) is 22.4 Å². The summed E-state index contributed by atoms with van der Waals surface area (Å²) in [5, 5.41) is 2.31. The molecule has 21 heavy (non-hydrogen) atoms. The fourth-order valence-corrected chi connectivity index (χ4v) is 1.84. The van der Waals surface area contributed by atoms with Gasteiger partial charge in [-0.1, -0.05) is 11.6 Å². The van der Waals surface area contributed by atoms with Crippen LogP contribution in [0.25, 0.3) is 0 Å². The molecule has 0 saturated carbocycles. The number of benzene rings is 1. The van der Waals surface area contributed by atoms with Gasteiger partial charge in [-0.2, -0.15) is 13.2 Å². The van der Waals surface area contributed by atoms with Crippen molar-refractivity contribution in [2.75, 3.05) is 12.4 Å². The SMILES string of the molecule is COc1cc(F)ccc1Nc1cc(C(F)(F)F)cc(Cl)n1. The van der Waals surface area contributed by atoms with E-state index in [2.05, 4.69) is 10.3 Å². The Kier molecular flexibility index (Phi) is 4.22. The van der Waals surface area contributed by atoms with Crippen molar-refractivity contribution in [3.8, 4) is 5.75 Å². The molecular weight excluding hydrogens is 312 g/mol. The standard InChI is InChI=1S/C13H9ClF4N2O/c1-21-10-6-8(15)2-3-9(10)19-12-5-7(13(16,17)18)4-11(14)20-12/h2-6H,1H3,(H,19,20). The molecule has 1 aromatic heterocycles. The number of nitrogens with zero attached hydrogens (tertiary/aromatic N) is 1. The Bertz CT molecular complexity index is 661. The summed E-state index contributed by atoms with van der Waals surface area (Å²) < 4.78 is 56.1. The highest BCUT2D eigenvalue weighted by Gasteiger charge is 2.31. The summed E-state index contributed by atoms with van der Waals surface area (Å²) in [5.74, 6) is -0.530. The van der Waals surface area contributed by atoms with Crippen molar-refractivity contribution in [3.05, 3.63) is 46.9 Å². The lowest BCUT2D eigenvalue weighted by molar-refractivity contribution is -0.137. The molecule has 0 bridgehead atoms. The molecule has 0 spiro atoms. The Balaban J connectivity index is 2.38. The lowest BCUT2D eigenvalue weighted by atomic mass is 10.2. The molecule has 0 fully saturated rings. The van der Waals surface area contributed by atoms with E-state index in [1.165, 1.54) is 13.2 Å². The van der Waals surface area contributed by atoms with Crippen molar-refractivity contribution < 1.29 is 22.3 Å². The van der Waals surface area contributed by atoms with Crippen LogP contribution in [0.5, 0.6) is 5.75 Å². The number of hydrogen-bond acceptors (Lipinski definition) is 3. The number of anilines is 2. The summed E-state index contributed by atoms with van der Waals surface area (Å²) in [6.07, 6.45) is -4.55. The molecular formula is C13H9ClF4N2O. The van der Waals surface area contributed by atoms with Crippen molar-refractivity contribution in [2.24, 2.45) is 0 Å². The third kappa shape index (κ3) is 3.75. The number of hydrogen-bond donors (Lipinski definition) is 1. The van der Waals surface area contributed by atoms with E-state index in [0.717, 1.165) is 18.2 Å². The molecule has 1 N–H and O–H groups in total. The number of methoxy groups -OCH3 is 1. The summed E-state index contributed by atoms with van der Waals surface area (Å²) >= 11 is 5.58. The van der Waals surface area contributed by atoms with Crippen LogP contribution in [0.15, 0.2) is 30.3 Å². The monoisotopic (exact) mass is 320 g/mol. The zero-order valence-corrected chi connectivity index (χ0v) is 11.4. The summed E-state index contributed by atoms with van der Waals surface area (Å²) in [4.78, 5) is 3.75. The highest BCUT2D eigenvalue weighted by molar-refractivity contribution is 6.29. The number of alkyl halides is 3. The van der Waals surface area contributed by atoms with E-state index in [1.54, 1.807) is 0 Å². The largest absolute Gasteiger partial charge is 0.494 e. The Morgan fingerprint density at radius 2 is 1.90 bits per heavy atom. The fraction of sp³-hybridized carbons (Fsp3) is 0.154. The van der Waals surface area contributed by atoms with E-state index in [1.807, 2.05) is 0 Å². The average molecular weight is 321 g/mol. The molecule has 2 rings (SSSR count). The average Bonchev–Trinajstić information content (AvgIpc) is 2.39. The van der Waals surface area contributed by atoms with E-state index >= 15 is 0 Å². The molecule has 112 valence electrons. The first kappa shape index (κ1) is 15.4. The second kappa shape index (κ2) is 5.77. The summed E-state index contributed by atoms with van der Waals surface area (Å²) in [7, 11) is 1.31. The second-order valence-electron chi connectivity index (χ2n) is 4.03. The summed E-state index contributed by atoms with van der Waals surface area (Å²) in [6, 6.07) is 5.07. The first-order valence-corrected chi connectivity index (χ1v) is 6.03. The van der Waals surface area contributed by atoms with Crippen LogP contribution in [0.1, 0.15) is 5.56 Å². The molecule has 0 aliphatic carbocycles. The fourth-order valence-electron chi connectivity index (χ4n) is 1.63. The Morgan fingerprint density at radius 1 is 1.19 bits per heavy atom. The lowest BCUT2D eigenvalue weighted by Crippen LogP contribution is -2.07. The van der Waals surface area contributed by atoms with Crippen molar-refractivity contribution in [1.29, 1.82) is 0 Å². The predicted octanol–water partition coefficient (Wildman–Crippen LogP) is 4.65. The topological polar surface area (TPSA) is 34.1 Å². The molecule has 1 aromatic carbocycles. The van der Waals surface area contributed by atoms with Gasteiger partial charge < -0.3 is 10.1 Å². The van der Waals surface area contributed by atoms with Crippen molar-refractivity contribution >= 4 is 23.1 Å². The molecule has 0 saturated heterocycles. The molecule has 0 amide bonds. The Morgan fingerprint density at radius 3 is 2.52 bits per heavy atom. The molecule has 1 heterocycles. The van der Waals surface area contributed by atoms with Gasteiger partial charge in [0.25, 0.3) is 0 Å². The van der Waals surface area contributed by atoms with E-state index in [0.29, 0.717) is 6.07 Å². The van der Waals surface area contributed by atoms with Gasteiger partial charge in [-0.15, -0.1) is 0 Å². The van der Waals surface area contributed by atoms with Crippen LogP contribution >= 0.6 is 11.6 Å². The maximum absolute atomic E-state index is 13.1. The maximum Gasteiger partial charge on any atom is 0.416 e. The zero-order chi connectivity index (χ0) is 15.6. The van der Waals surface area contributed by atoms with Gasteiger partial charge in [0.05, 0.1) is 18.4 Å². The third-order valence-electron chi connectivity index (χ3n) is 2.55. The highest BCUT2D eigenvalue weighted by atomic mass is 35.5. The van der Waals surface area contributed by atoms with Gasteiger partial charge >= 0.3 is 6.18 Å². The molecule has 0 aliphatic rings. The van der Waals surface area contributed by atoms with E-state index < -0.39 is 17.6 Å². The van der Waals surface area contributed by atoms with Crippen molar-refractivity contribution in [2.45, 2.75) is 6.18 Å². The quantitative estimate of drug-likeness (QED) is 0.660. The Hall–Kier alpha value is -2.02. The van der Waals surface area contributed by atoms with Gasteiger partial charge in [0.15, 0.2) is 0 Å². The van der Waals surface area contributed by atoms with Gasteiger partial charge in [0.1, 0.15) is 22.5 Å². The maximum atomic E-state index is 13.1. The van der Waals surface area contributed by atoms with Gasteiger partial charge in [-0.3, -0.25) is 0 Å². The third-order valence-corrected chi connectivity index (χ3v) is 2.74. The predicted molar refractivity (Wildman–Crippen MR) is 70.5 cm³/mol. The van der Waals surface area contributed by atoms with Crippen LogP contribution in [0.4, 0.5) is 29.1 Å². The first-order chi connectivity index (χ1) is 9.79. The molecule has 0 aliphatic heterocycles. The molecule has 8 heteroatoms. The number of pyridine rings is 1. The van der Waals surface area contributed by atoms with Crippen LogP contribution in [0, 0.1) is 5.82 Å². The van der Waals surface area contributed by atoms with Crippen molar-refractivity contribution in [1.82, 2.24) is 4.98 Å². The van der Waals surface area contributed by atoms with Crippen LogP contribution in [-0.4, -0.2) is 12.1 Å². The van der Waals surface area contributed by atoms with Crippen LogP contribution in [0.3, 0.4) is 0 Å². The second-order valence-corrected chi connectivity index (χ2v) is 4.42.